The maximum absolute atomic E-state index is 10.4. The van der Waals surface area contributed by atoms with Gasteiger partial charge in [-0.05, 0) is 57.9 Å². The summed E-state index contributed by atoms with van der Waals surface area (Å²) in [5.41, 5.74) is 3.77. The van der Waals surface area contributed by atoms with E-state index in [1.807, 2.05) is 12.1 Å². The third-order valence-electron chi connectivity index (χ3n) is 3.37. The Morgan fingerprint density at radius 3 is 2.72 bits per heavy atom. The lowest BCUT2D eigenvalue weighted by Gasteiger charge is -2.10. The summed E-state index contributed by atoms with van der Waals surface area (Å²) in [6.45, 7) is 0. The second-order valence-electron chi connectivity index (χ2n) is 4.55. The van der Waals surface area contributed by atoms with Gasteiger partial charge in [0.2, 0.25) is 0 Å². The molecule has 0 amide bonds. The Kier molecular flexibility index (Phi) is 3.50. The SMILES string of the molecule is OC(c1ccc2c(c1)CCC2)c1cc(Cl)c(Br)s1. The second kappa shape index (κ2) is 4.97. The molecular formula is C14H12BrClOS. The fraction of sp³-hybridized carbons (Fsp3) is 0.286. The van der Waals surface area contributed by atoms with Crippen LogP contribution in [0.1, 0.15) is 34.1 Å². The van der Waals surface area contributed by atoms with Crippen molar-refractivity contribution in [3.63, 3.8) is 0 Å². The third kappa shape index (κ3) is 2.25. The fourth-order valence-electron chi connectivity index (χ4n) is 2.42. The number of fused-ring (bicyclic) bond motifs is 1. The summed E-state index contributed by atoms with van der Waals surface area (Å²) < 4.78 is 0.874. The van der Waals surface area contributed by atoms with Gasteiger partial charge < -0.3 is 5.11 Å². The van der Waals surface area contributed by atoms with Crippen LogP contribution in [-0.2, 0) is 12.8 Å². The maximum atomic E-state index is 10.4. The molecule has 0 spiro atoms. The smallest absolute Gasteiger partial charge is 0.113 e. The molecular weight excluding hydrogens is 332 g/mol. The zero-order valence-corrected chi connectivity index (χ0v) is 12.8. The normalized spacial score (nSPS) is 15.7. The zero-order valence-electron chi connectivity index (χ0n) is 9.62. The van der Waals surface area contributed by atoms with Crippen molar-refractivity contribution in [2.45, 2.75) is 25.4 Å². The molecule has 1 aromatic heterocycles. The van der Waals surface area contributed by atoms with Crippen LogP contribution >= 0.6 is 38.9 Å². The molecule has 1 N–H and O–H groups in total. The summed E-state index contributed by atoms with van der Waals surface area (Å²) in [7, 11) is 0. The molecule has 2 aromatic rings. The Morgan fingerprint density at radius 2 is 2.00 bits per heavy atom. The molecule has 0 saturated heterocycles. The van der Waals surface area contributed by atoms with E-state index >= 15 is 0 Å². The fourth-order valence-corrected chi connectivity index (χ4v) is 4.19. The van der Waals surface area contributed by atoms with Crippen molar-refractivity contribution in [3.05, 3.63) is 54.6 Å². The van der Waals surface area contributed by atoms with E-state index in [1.54, 1.807) is 0 Å². The van der Waals surface area contributed by atoms with Gasteiger partial charge in [0.25, 0.3) is 0 Å². The van der Waals surface area contributed by atoms with Gasteiger partial charge in [-0.3, -0.25) is 0 Å². The van der Waals surface area contributed by atoms with Crippen molar-refractivity contribution in [1.82, 2.24) is 0 Å². The molecule has 3 rings (SSSR count). The molecule has 1 unspecified atom stereocenters. The second-order valence-corrected chi connectivity index (χ2v) is 7.36. The van der Waals surface area contributed by atoms with Crippen LogP contribution in [-0.4, -0.2) is 5.11 Å². The molecule has 0 saturated carbocycles. The number of hydrogen-bond donors (Lipinski definition) is 1. The minimum absolute atomic E-state index is 0.579. The van der Waals surface area contributed by atoms with E-state index in [-0.39, 0.29) is 0 Å². The highest BCUT2D eigenvalue weighted by atomic mass is 79.9. The van der Waals surface area contributed by atoms with Crippen LogP contribution in [0.5, 0.6) is 0 Å². The summed E-state index contributed by atoms with van der Waals surface area (Å²) in [4.78, 5) is 0.879. The Morgan fingerprint density at radius 1 is 1.22 bits per heavy atom. The van der Waals surface area contributed by atoms with Gasteiger partial charge in [-0.25, -0.2) is 0 Å². The first kappa shape index (κ1) is 12.7. The van der Waals surface area contributed by atoms with Gasteiger partial charge in [0.1, 0.15) is 6.10 Å². The van der Waals surface area contributed by atoms with E-state index in [0.29, 0.717) is 5.02 Å². The first-order chi connectivity index (χ1) is 8.65. The minimum atomic E-state index is -0.579. The van der Waals surface area contributed by atoms with Gasteiger partial charge in [-0.2, -0.15) is 0 Å². The lowest BCUT2D eigenvalue weighted by atomic mass is 10.0. The molecule has 94 valence electrons. The molecule has 18 heavy (non-hydrogen) atoms. The van der Waals surface area contributed by atoms with Crippen molar-refractivity contribution in [2.75, 3.05) is 0 Å². The number of benzene rings is 1. The van der Waals surface area contributed by atoms with Crippen LogP contribution in [0, 0.1) is 0 Å². The molecule has 1 aliphatic carbocycles. The van der Waals surface area contributed by atoms with E-state index in [4.69, 9.17) is 11.6 Å². The zero-order chi connectivity index (χ0) is 12.7. The number of hydrogen-bond acceptors (Lipinski definition) is 2. The summed E-state index contributed by atoms with van der Waals surface area (Å²) in [6, 6.07) is 8.13. The molecule has 0 bridgehead atoms. The average molecular weight is 344 g/mol. The van der Waals surface area contributed by atoms with Crippen LogP contribution in [0.25, 0.3) is 0 Å². The van der Waals surface area contributed by atoms with E-state index in [1.165, 1.54) is 35.3 Å². The highest BCUT2D eigenvalue weighted by Crippen LogP contribution is 2.38. The molecule has 1 aromatic carbocycles. The highest BCUT2D eigenvalue weighted by molar-refractivity contribution is 9.11. The Hall–Kier alpha value is -0.350. The summed E-state index contributed by atoms with van der Waals surface area (Å²) in [5.74, 6) is 0. The van der Waals surface area contributed by atoms with Crippen molar-refractivity contribution in [2.24, 2.45) is 0 Å². The first-order valence-corrected chi connectivity index (χ1v) is 7.88. The predicted octanol–water partition coefficient (Wildman–Crippen LogP) is 4.73. The molecule has 1 heterocycles. The van der Waals surface area contributed by atoms with Gasteiger partial charge in [0, 0.05) is 4.88 Å². The standard InChI is InChI=1S/C14H12BrClOS/c15-14-11(16)7-12(18-14)13(17)10-5-4-8-2-1-3-9(8)6-10/h4-7,13,17H,1-3H2. The number of aliphatic hydroxyl groups is 1. The number of aliphatic hydroxyl groups excluding tert-OH is 1. The van der Waals surface area contributed by atoms with Crippen molar-refractivity contribution >= 4 is 38.9 Å². The highest BCUT2D eigenvalue weighted by Gasteiger charge is 2.18. The van der Waals surface area contributed by atoms with Crippen LogP contribution in [0.15, 0.2) is 28.1 Å². The first-order valence-electron chi connectivity index (χ1n) is 5.89. The summed E-state index contributed by atoms with van der Waals surface area (Å²) >= 11 is 10.9. The number of aryl methyl sites for hydroxylation is 2. The van der Waals surface area contributed by atoms with Crippen LogP contribution in [0.3, 0.4) is 0 Å². The van der Waals surface area contributed by atoms with Crippen molar-refractivity contribution in [3.8, 4) is 0 Å². The van der Waals surface area contributed by atoms with Crippen LogP contribution < -0.4 is 0 Å². The number of rotatable bonds is 2. The van der Waals surface area contributed by atoms with E-state index in [2.05, 4.69) is 28.1 Å². The molecule has 0 fully saturated rings. The summed E-state index contributed by atoms with van der Waals surface area (Å²) in [5, 5.41) is 11.1. The maximum Gasteiger partial charge on any atom is 0.113 e. The lowest BCUT2D eigenvalue weighted by Crippen LogP contribution is -1.98. The van der Waals surface area contributed by atoms with Crippen LogP contribution in [0.2, 0.25) is 5.02 Å². The topological polar surface area (TPSA) is 20.2 Å². The molecule has 1 aliphatic rings. The quantitative estimate of drug-likeness (QED) is 0.835. The lowest BCUT2D eigenvalue weighted by molar-refractivity contribution is 0.224. The van der Waals surface area contributed by atoms with Crippen molar-refractivity contribution in [1.29, 1.82) is 0 Å². The molecule has 1 atom stereocenters. The molecule has 0 aliphatic heterocycles. The van der Waals surface area contributed by atoms with Gasteiger partial charge >= 0.3 is 0 Å². The Balaban J connectivity index is 1.94. The van der Waals surface area contributed by atoms with E-state index in [9.17, 15) is 5.11 Å². The van der Waals surface area contributed by atoms with Gasteiger partial charge in [0.15, 0.2) is 0 Å². The number of thiophene rings is 1. The average Bonchev–Trinajstić information content (AvgIpc) is 2.95. The predicted molar refractivity (Wildman–Crippen MR) is 79.6 cm³/mol. The van der Waals surface area contributed by atoms with Gasteiger partial charge in [-0.15, -0.1) is 11.3 Å². The third-order valence-corrected chi connectivity index (χ3v) is 5.90. The molecule has 0 radical (unpaired) electrons. The minimum Gasteiger partial charge on any atom is -0.383 e. The van der Waals surface area contributed by atoms with Crippen LogP contribution in [0.4, 0.5) is 0 Å². The van der Waals surface area contributed by atoms with Gasteiger partial charge in [0.05, 0.1) is 8.81 Å². The van der Waals surface area contributed by atoms with Gasteiger partial charge in [-0.1, -0.05) is 29.8 Å². The largest absolute Gasteiger partial charge is 0.383 e. The Bertz CT molecular complexity index is 574. The monoisotopic (exact) mass is 342 g/mol. The number of halogens is 2. The van der Waals surface area contributed by atoms with Crippen molar-refractivity contribution < 1.29 is 5.11 Å². The Labute approximate surface area is 124 Å². The van der Waals surface area contributed by atoms with E-state index in [0.717, 1.165) is 20.6 Å². The summed E-state index contributed by atoms with van der Waals surface area (Å²) in [6.07, 6.45) is 2.95. The van der Waals surface area contributed by atoms with E-state index < -0.39 is 6.10 Å². The molecule has 4 heteroatoms. The molecule has 1 nitrogen and oxygen atoms in total.